The lowest BCUT2D eigenvalue weighted by Crippen LogP contribution is -2.43. The molecule has 2 aromatic rings. The molecule has 2 N–H and O–H groups in total. The number of methoxy groups -OCH3 is 2. The SMILES string of the molecule is CCOc1ccc(C2CC(c3ccc(OC)cc3OC)=NN2C(=O)CN2CCC(C(N)=O)CC2)cc1. The van der Waals surface area contributed by atoms with Crippen molar-refractivity contribution in [2.45, 2.75) is 32.2 Å². The van der Waals surface area contributed by atoms with Crippen molar-refractivity contribution >= 4 is 17.5 Å². The lowest BCUT2D eigenvalue weighted by molar-refractivity contribution is -0.134. The minimum atomic E-state index is -0.265. The van der Waals surface area contributed by atoms with Crippen LogP contribution in [0.5, 0.6) is 17.2 Å². The fraction of sp³-hybridized carbons (Fsp3) is 0.444. The van der Waals surface area contributed by atoms with Gasteiger partial charge in [-0.3, -0.25) is 14.5 Å². The summed E-state index contributed by atoms with van der Waals surface area (Å²) >= 11 is 0. The number of likely N-dealkylation sites (tertiary alicyclic amines) is 1. The average Bonchev–Trinajstić information content (AvgIpc) is 3.34. The largest absolute Gasteiger partial charge is 0.497 e. The molecule has 9 heteroatoms. The van der Waals surface area contributed by atoms with E-state index in [-0.39, 0.29) is 30.3 Å². The van der Waals surface area contributed by atoms with Crippen LogP contribution < -0.4 is 19.9 Å². The van der Waals surface area contributed by atoms with E-state index in [1.807, 2.05) is 49.4 Å². The smallest absolute Gasteiger partial charge is 0.257 e. The first-order valence-electron chi connectivity index (χ1n) is 12.3. The van der Waals surface area contributed by atoms with Crippen LogP contribution in [0.4, 0.5) is 0 Å². The minimum Gasteiger partial charge on any atom is -0.497 e. The standard InChI is InChI=1S/C27H34N4O5/c1-4-36-20-7-5-18(6-8-20)24-16-23(22-10-9-21(34-2)15-25(22)35-3)29-31(24)26(32)17-30-13-11-19(12-14-30)27(28)33/h5-10,15,19,24H,4,11-14,16-17H2,1-3H3,(H2,28,33). The number of carbonyl (C=O) groups is 2. The fourth-order valence-corrected chi connectivity index (χ4v) is 4.79. The van der Waals surface area contributed by atoms with Gasteiger partial charge in [0.1, 0.15) is 17.2 Å². The lowest BCUT2D eigenvalue weighted by Gasteiger charge is -2.31. The van der Waals surface area contributed by atoms with E-state index in [4.69, 9.17) is 25.0 Å². The Balaban J connectivity index is 1.58. The van der Waals surface area contributed by atoms with Crippen LogP contribution >= 0.6 is 0 Å². The van der Waals surface area contributed by atoms with E-state index >= 15 is 0 Å². The third kappa shape index (κ3) is 5.62. The number of piperidine rings is 1. The van der Waals surface area contributed by atoms with E-state index in [0.717, 1.165) is 22.6 Å². The summed E-state index contributed by atoms with van der Waals surface area (Å²) in [6.45, 7) is 4.08. The average molecular weight is 495 g/mol. The van der Waals surface area contributed by atoms with Crippen molar-refractivity contribution in [2.24, 2.45) is 16.8 Å². The van der Waals surface area contributed by atoms with Crippen molar-refractivity contribution in [2.75, 3.05) is 40.5 Å². The Labute approximate surface area is 211 Å². The van der Waals surface area contributed by atoms with Crippen molar-refractivity contribution in [1.29, 1.82) is 0 Å². The van der Waals surface area contributed by atoms with Gasteiger partial charge in [0.2, 0.25) is 5.91 Å². The number of benzene rings is 2. The van der Waals surface area contributed by atoms with Gasteiger partial charge in [0.15, 0.2) is 0 Å². The van der Waals surface area contributed by atoms with Crippen molar-refractivity contribution in [3.63, 3.8) is 0 Å². The van der Waals surface area contributed by atoms with Crippen molar-refractivity contribution < 1.29 is 23.8 Å². The highest BCUT2D eigenvalue weighted by molar-refractivity contribution is 6.05. The molecule has 0 bridgehead atoms. The zero-order valence-corrected chi connectivity index (χ0v) is 21.1. The number of amides is 2. The van der Waals surface area contributed by atoms with Crippen LogP contribution in [0.1, 0.15) is 43.4 Å². The molecule has 0 radical (unpaired) electrons. The highest BCUT2D eigenvalue weighted by atomic mass is 16.5. The van der Waals surface area contributed by atoms with E-state index in [1.165, 1.54) is 0 Å². The van der Waals surface area contributed by atoms with Crippen molar-refractivity contribution in [3.8, 4) is 17.2 Å². The van der Waals surface area contributed by atoms with E-state index < -0.39 is 0 Å². The molecule has 1 saturated heterocycles. The van der Waals surface area contributed by atoms with Gasteiger partial charge in [-0.2, -0.15) is 5.10 Å². The second-order valence-corrected chi connectivity index (χ2v) is 9.03. The number of nitrogens with two attached hydrogens (primary N) is 1. The summed E-state index contributed by atoms with van der Waals surface area (Å²) in [6, 6.07) is 13.1. The molecule has 2 heterocycles. The molecule has 9 nitrogen and oxygen atoms in total. The second kappa shape index (κ2) is 11.4. The number of hydrogen-bond acceptors (Lipinski definition) is 7. The van der Waals surface area contributed by atoms with Crippen LogP contribution in [-0.2, 0) is 9.59 Å². The Bertz CT molecular complexity index is 1110. The molecule has 2 amide bonds. The monoisotopic (exact) mass is 494 g/mol. The van der Waals surface area contributed by atoms with Gasteiger partial charge in [-0.1, -0.05) is 12.1 Å². The van der Waals surface area contributed by atoms with Crippen LogP contribution in [-0.4, -0.2) is 67.9 Å². The van der Waals surface area contributed by atoms with Gasteiger partial charge in [-0.15, -0.1) is 0 Å². The summed E-state index contributed by atoms with van der Waals surface area (Å²) < 4.78 is 16.5. The first-order chi connectivity index (χ1) is 17.4. The summed E-state index contributed by atoms with van der Waals surface area (Å²) in [7, 11) is 3.21. The second-order valence-electron chi connectivity index (χ2n) is 9.03. The van der Waals surface area contributed by atoms with E-state index in [9.17, 15) is 9.59 Å². The number of rotatable bonds is 9. The molecule has 1 unspecified atom stereocenters. The number of carbonyl (C=O) groups excluding carboxylic acids is 2. The van der Waals surface area contributed by atoms with Gasteiger partial charge >= 0.3 is 0 Å². The highest BCUT2D eigenvalue weighted by Crippen LogP contribution is 2.37. The molecule has 2 aromatic carbocycles. The molecule has 4 rings (SSSR count). The zero-order chi connectivity index (χ0) is 25.7. The van der Waals surface area contributed by atoms with Gasteiger partial charge in [0, 0.05) is 24.0 Å². The molecule has 0 aliphatic carbocycles. The topological polar surface area (TPSA) is 107 Å². The first-order valence-corrected chi connectivity index (χ1v) is 12.3. The summed E-state index contributed by atoms with van der Waals surface area (Å²) in [6.07, 6.45) is 1.89. The Morgan fingerprint density at radius 2 is 1.72 bits per heavy atom. The predicted molar refractivity (Wildman–Crippen MR) is 136 cm³/mol. The molecule has 2 aliphatic heterocycles. The first kappa shape index (κ1) is 25.5. The van der Waals surface area contributed by atoms with E-state index in [0.29, 0.717) is 50.5 Å². The lowest BCUT2D eigenvalue weighted by atomic mass is 9.96. The fourth-order valence-electron chi connectivity index (χ4n) is 4.79. The molecule has 1 fully saturated rings. The van der Waals surface area contributed by atoms with Crippen molar-refractivity contribution in [1.82, 2.24) is 9.91 Å². The zero-order valence-electron chi connectivity index (χ0n) is 21.1. The molecule has 36 heavy (non-hydrogen) atoms. The number of primary amides is 1. The van der Waals surface area contributed by atoms with Gasteiger partial charge in [-0.05, 0) is 62.7 Å². The summed E-state index contributed by atoms with van der Waals surface area (Å²) in [4.78, 5) is 27.1. The Hall–Kier alpha value is -3.59. The third-order valence-corrected chi connectivity index (χ3v) is 6.81. The molecule has 2 aliphatic rings. The Morgan fingerprint density at radius 1 is 1.03 bits per heavy atom. The molecular formula is C27H34N4O5. The molecule has 0 saturated carbocycles. The molecule has 0 spiro atoms. The summed E-state index contributed by atoms with van der Waals surface area (Å²) in [5.74, 6) is 1.64. The van der Waals surface area contributed by atoms with Crippen LogP contribution in [0.15, 0.2) is 47.6 Å². The maximum Gasteiger partial charge on any atom is 0.257 e. The predicted octanol–water partition coefficient (Wildman–Crippen LogP) is 2.98. The number of hydrazone groups is 1. The summed E-state index contributed by atoms with van der Waals surface area (Å²) in [5, 5.41) is 6.39. The van der Waals surface area contributed by atoms with Crippen molar-refractivity contribution in [3.05, 3.63) is 53.6 Å². The number of ether oxygens (including phenoxy) is 3. The Morgan fingerprint density at radius 3 is 2.33 bits per heavy atom. The highest BCUT2D eigenvalue weighted by Gasteiger charge is 2.35. The number of nitrogens with zero attached hydrogens (tertiary/aromatic N) is 3. The van der Waals surface area contributed by atoms with Crippen LogP contribution in [0.3, 0.4) is 0 Å². The van der Waals surface area contributed by atoms with Crippen LogP contribution in [0, 0.1) is 5.92 Å². The quantitative estimate of drug-likeness (QED) is 0.574. The third-order valence-electron chi connectivity index (χ3n) is 6.81. The van der Waals surface area contributed by atoms with Gasteiger partial charge in [0.05, 0.1) is 39.1 Å². The summed E-state index contributed by atoms with van der Waals surface area (Å²) in [5.41, 5.74) is 8.04. The van der Waals surface area contributed by atoms with Gasteiger partial charge < -0.3 is 19.9 Å². The maximum atomic E-state index is 13.5. The normalized spacial score (nSPS) is 18.6. The molecular weight excluding hydrogens is 460 g/mol. The minimum absolute atomic E-state index is 0.0890. The van der Waals surface area contributed by atoms with E-state index in [2.05, 4.69) is 4.90 Å². The number of hydrogen-bond donors (Lipinski definition) is 1. The van der Waals surface area contributed by atoms with Crippen LogP contribution in [0.25, 0.3) is 0 Å². The van der Waals surface area contributed by atoms with Gasteiger partial charge in [-0.25, -0.2) is 5.01 Å². The van der Waals surface area contributed by atoms with E-state index in [1.54, 1.807) is 19.2 Å². The van der Waals surface area contributed by atoms with Crippen LogP contribution in [0.2, 0.25) is 0 Å². The van der Waals surface area contributed by atoms with Gasteiger partial charge in [0.25, 0.3) is 5.91 Å². The molecule has 192 valence electrons. The molecule has 1 atom stereocenters. The maximum absolute atomic E-state index is 13.5. The Kier molecular flexibility index (Phi) is 8.10. The molecule has 0 aromatic heterocycles.